The molecule has 20 heavy (non-hydrogen) atoms. The molecule has 0 bridgehead atoms. The van der Waals surface area contributed by atoms with E-state index < -0.39 is 10.8 Å². The Balaban J connectivity index is 1.57. The number of aromatic nitrogens is 2. The molecule has 0 aliphatic carbocycles. The molecule has 0 spiro atoms. The van der Waals surface area contributed by atoms with Gasteiger partial charge in [-0.3, -0.25) is 9.11 Å². The highest BCUT2D eigenvalue weighted by Gasteiger charge is 2.17. The van der Waals surface area contributed by atoms with Crippen molar-refractivity contribution in [2.75, 3.05) is 18.8 Å². The zero-order valence-electron chi connectivity index (χ0n) is 11.2. The van der Waals surface area contributed by atoms with Gasteiger partial charge in [0, 0.05) is 36.5 Å². The Hall–Kier alpha value is -1.59. The minimum absolute atomic E-state index is 0.671. The SMILES string of the molecule is O=[S@](CCN1CCc2cncnc2C1)c1ccccc1. The summed E-state index contributed by atoms with van der Waals surface area (Å²) < 4.78 is 12.2. The lowest BCUT2D eigenvalue weighted by Crippen LogP contribution is -2.34. The summed E-state index contributed by atoms with van der Waals surface area (Å²) in [6.07, 6.45) is 4.49. The largest absolute Gasteiger partial charge is 0.296 e. The van der Waals surface area contributed by atoms with Crippen molar-refractivity contribution in [3.63, 3.8) is 0 Å². The molecule has 1 aliphatic heterocycles. The van der Waals surface area contributed by atoms with Crippen LogP contribution in [0.1, 0.15) is 11.3 Å². The minimum Gasteiger partial charge on any atom is -0.296 e. The van der Waals surface area contributed by atoms with Gasteiger partial charge in [0.05, 0.1) is 16.5 Å². The van der Waals surface area contributed by atoms with E-state index >= 15 is 0 Å². The third-order valence-electron chi connectivity index (χ3n) is 3.55. The second-order valence-corrected chi connectivity index (χ2v) is 6.45. The van der Waals surface area contributed by atoms with E-state index in [0.29, 0.717) is 5.75 Å². The molecule has 0 unspecified atom stereocenters. The number of hydrogen-bond acceptors (Lipinski definition) is 4. The molecule has 4 nitrogen and oxygen atoms in total. The van der Waals surface area contributed by atoms with Crippen LogP contribution in [0.2, 0.25) is 0 Å². The topological polar surface area (TPSA) is 46.1 Å². The van der Waals surface area contributed by atoms with Gasteiger partial charge in [-0.15, -0.1) is 0 Å². The molecule has 0 fully saturated rings. The van der Waals surface area contributed by atoms with Crippen LogP contribution >= 0.6 is 0 Å². The van der Waals surface area contributed by atoms with E-state index in [1.54, 1.807) is 6.33 Å². The van der Waals surface area contributed by atoms with Crippen molar-refractivity contribution < 1.29 is 4.21 Å². The van der Waals surface area contributed by atoms with Gasteiger partial charge in [0.1, 0.15) is 6.33 Å². The van der Waals surface area contributed by atoms with Crippen molar-refractivity contribution in [2.45, 2.75) is 17.9 Å². The first kappa shape index (κ1) is 13.4. The maximum Gasteiger partial charge on any atom is 0.115 e. The van der Waals surface area contributed by atoms with Crippen LogP contribution in [-0.2, 0) is 23.8 Å². The fourth-order valence-electron chi connectivity index (χ4n) is 2.40. The van der Waals surface area contributed by atoms with Crippen molar-refractivity contribution in [3.8, 4) is 0 Å². The predicted molar refractivity (Wildman–Crippen MR) is 78.7 cm³/mol. The Morgan fingerprint density at radius 1 is 1.25 bits per heavy atom. The normalized spacial score (nSPS) is 16.6. The molecule has 2 heterocycles. The number of nitrogens with zero attached hydrogens (tertiary/aromatic N) is 3. The zero-order valence-corrected chi connectivity index (χ0v) is 12.1. The molecule has 1 aromatic carbocycles. The molecular formula is C15H17N3OS. The van der Waals surface area contributed by atoms with Gasteiger partial charge < -0.3 is 0 Å². The van der Waals surface area contributed by atoms with Crippen LogP contribution in [0.15, 0.2) is 47.8 Å². The van der Waals surface area contributed by atoms with Crippen molar-refractivity contribution in [1.82, 2.24) is 14.9 Å². The number of hydrogen-bond donors (Lipinski definition) is 0. The van der Waals surface area contributed by atoms with Crippen LogP contribution in [0, 0.1) is 0 Å². The maximum absolute atomic E-state index is 12.2. The van der Waals surface area contributed by atoms with Crippen molar-refractivity contribution in [1.29, 1.82) is 0 Å². The van der Waals surface area contributed by atoms with Crippen LogP contribution < -0.4 is 0 Å². The van der Waals surface area contributed by atoms with Gasteiger partial charge in [-0.25, -0.2) is 9.97 Å². The van der Waals surface area contributed by atoms with Crippen LogP contribution in [0.25, 0.3) is 0 Å². The van der Waals surface area contributed by atoms with Gasteiger partial charge in [0.15, 0.2) is 0 Å². The summed E-state index contributed by atoms with van der Waals surface area (Å²) in [5.41, 5.74) is 2.35. The summed E-state index contributed by atoms with van der Waals surface area (Å²) in [6.45, 7) is 2.67. The van der Waals surface area contributed by atoms with E-state index in [-0.39, 0.29) is 0 Å². The first-order valence-electron chi connectivity index (χ1n) is 6.76. The van der Waals surface area contributed by atoms with Crippen LogP contribution in [0.5, 0.6) is 0 Å². The van der Waals surface area contributed by atoms with Gasteiger partial charge in [0.25, 0.3) is 0 Å². The molecule has 0 amide bonds. The van der Waals surface area contributed by atoms with E-state index in [9.17, 15) is 4.21 Å². The smallest absolute Gasteiger partial charge is 0.115 e. The van der Waals surface area contributed by atoms with E-state index in [2.05, 4.69) is 14.9 Å². The summed E-state index contributed by atoms with van der Waals surface area (Å²) in [5.74, 6) is 0.671. The van der Waals surface area contributed by atoms with E-state index in [1.807, 2.05) is 36.5 Å². The molecule has 1 aromatic heterocycles. The molecule has 2 aromatic rings. The van der Waals surface area contributed by atoms with Gasteiger partial charge in [-0.1, -0.05) is 18.2 Å². The van der Waals surface area contributed by atoms with Gasteiger partial charge in [-0.2, -0.15) is 0 Å². The minimum atomic E-state index is -0.917. The van der Waals surface area contributed by atoms with Crippen LogP contribution in [0.4, 0.5) is 0 Å². The lowest BCUT2D eigenvalue weighted by Gasteiger charge is -2.27. The molecule has 1 atom stereocenters. The Morgan fingerprint density at radius 2 is 2.10 bits per heavy atom. The summed E-state index contributed by atoms with van der Waals surface area (Å²) in [6, 6.07) is 9.66. The molecule has 1 aliphatic rings. The van der Waals surface area contributed by atoms with Crippen molar-refractivity contribution in [2.24, 2.45) is 0 Å². The van der Waals surface area contributed by atoms with E-state index in [4.69, 9.17) is 0 Å². The molecule has 0 saturated carbocycles. The molecule has 5 heteroatoms. The average Bonchev–Trinajstić information content (AvgIpc) is 2.53. The molecular weight excluding hydrogens is 270 g/mol. The maximum atomic E-state index is 12.2. The standard InChI is InChI=1S/C15H17N3OS/c19-20(14-4-2-1-3-5-14)9-8-18-7-6-13-10-16-12-17-15(13)11-18/h1-5,10,12H,6-9,11H2/t20-/m1/s1. The quantitative estimate of drug-likeness (QED) is 0.857. The van der Waals surface area contributed by atoms with Gasteiger partial charge >= 0.3 is 0 Å². The fraction of sp³-hybridized carbons (Fsp3) is 0.333. The summed E-state index contributed by atoms with van der Waals surface area (Å²) in [4.78, 5) is 11.6. The van der Waals surface area contributed by atoms with E-state index in [1.165, 1.54) is 5.56 Å². The summed E-state index contributed by atoms with van der Waals surface area (Å²) in [5, 5.41) is 0. The highest BCUT2D eigenvalue weighted by Crippen LogP contribution is 2.15. The Labute approximate surface area is 121 Å². The zero-order chi connectivity index (χ0) is 13.8. The Bertz CT molecular complexity index is 603. The van der Waals surface area contributed by atoms with Gasteiger partial charge in [-0.05, 0) is 24.1 Å². The summed E-state index contributed by atoms with van der Waals surface area (Å²) >= 11 is 0. The lowest BCUT2D eigenvalue weighted by atomic mass is 10.1. The molecule has 0 N–H and O–H groups in total. The van der Waals surface area contributed by atoms with E-state index in [0.717, 1.165) is 36.6 Å². The number of rotatable bonds is 4. The second-order valence-electron chi connectivity index (χ2n) is 4.88. The van der Waals surface area contributed by atoms with Crippen molar-refractivity contribution in [3.05, 3.63) is 54.1 Å². The molecule has 104 valence electrons. The van der Waals surface area contributed by atoms with Gasteiger partial charge in [0.2, 0.25) is 0 Å². The Kier molecular flexibility index (Phi) is 4.18. The molecule has 3 rings (SSSR count). The first-order chi connectivity index (χ1) is 9.83. The van der Waals surface area contributed by atoms with Crippen LogP contribution in [0.3, 0.4) is 0 Å². The third kappa shape index (κ3) is 3.11. The second kappa shape index (κ2) is 6.24. The monoisotopic (exact) mass is 287 g/mol. The number of fused-ring (bicyclic) bond motifs is 1. The summed E-state index contributed by atoms with van der Waals surface area (Å²) in [7, 11) is -0.917. The van der Waals surface area contributed by atoms with Crippen molar-refractivity contribution >= 4 is 10.8 Å². The number of benzene rings is 1. The lowest BCUT2D eigenvalue weighted by molar-refractivity contribution is 0.265. The Morgan fingerprint density at radius 3 is 2.95 bits per heavy atom. The third-order valence-corrected chi connectivity index (χ3v) is 4.90. The fourth-order valence-corrected chi connectivity index (χ4v) is 3.52. The highest BCUT2D eigenvalue weighted by atomic mass is 32.2. The highest BCUT2D eigenvalue weighted by molar-refractivity contribution is 7.85. The predicted octanol–water partition coefficient (Wildman–Crippen LogP) is 1.64. The van der Waals surface area contributed by atoms with Crippen LogP contribution in [-0.4, -0.2) is 37.9 Å². The average molecular weight is 287 g/mol. The molecule has 0 radical (unpaired) electrons. The first-order valence-corrected chi connectivity index (χ1v) is 8.08. The molecule has 0 saturated heterocycles.